The second kappa shape index (κ2) is 12.8. The Hall–Kier alpha value is -0.790. The Morgan fingerprint density at radius 1 is 1.17 bits per heavy atom. The molecule has 0 N–H and O–H groups in total. The van der Waals surface area contributed by atoms with Gasteiger partial charge in [0.25, 0.3) is 0 Å². The third-order valence-corrected chi connectivity index (χ3v) is 0.924. The molecule has 0 aliphatic carbocycles. The fourth-order valence-corrected chi connectivity index (χ4v) is 0.474. The summed E-state index contributed by atoms with van der Waals surface area (Å²) in [5.41, 5.74) is 0. The van der Waals surface area contributed by atoms with E-state index in [4.69, 9.17) is 0 Å². The summed E-state index contributed by atoms with van der Waals surface area (Å²) in [4.78, 5) is 3.86. The van der Waals surface area contributed by atoms with E-state index in [-0.39, 0.29) is 0 Å². The lowest BCUT2D eigenvalue weighted by atomic mass is 10.6. The molecule has 0 radical (unpaired) electrons. The third-order valence-electron chi connectivity index (χ3n) is 0.924. The van der Waals surface area contributed by atoms with Crippen molar-refractivity contribution in [2.45, 2.75) is 47.6 Å². The van der Waals surface area contributed by atoms with Crippen molar-refractivity contribution in [1.82, 2.24) is 9.55 Å². The minimum atomic E-state index is 1.01. The number of rotatable bonds is 1. The van der Waals surface area contributed by atoms with Gasteiger partial charge in [-0.05, 0) is 6.92 Å². The van der Waals surface area contributed by atoms with E-state index in [2.05, 4.69) is 25.8 Å². The zero-order valence-corrected chi connectivity index (χ0v) is 9.04. The molecular weight excluding hydrogens is 148 g/mol. The van der Waals surface area contributed by atoms with Crippen LogP contribution < -0.4 is 0 Å². The Morgan fingerprint density at radius 2 is 1.67 bits per heavy atom. The zero-order valence-electron chi connectivity index (χ0n) is 9.04. The van der Waals surface area contributed by atoms with Crippen LogP contribution >= 0.6 is 0 Å². The first-order chi connectivity index (χ1) is 5.85. The molecule has 1 aromatic heterocycles. The molecule has 1 heterocycles. The van der Waals surface area contributed by atoms with E-state index in [1.807, 2.05) is 24.6 Å². The van der Waals surface area contributed by atoms with E-state index in [0.717, 1.165) is 6.54 Å². The lowest BCUT2D eigenvalue weighted by Crippen LogP contribution is -1.85. The highest BCUT2D eigenvalue weighted by Gasteiger charge is 1.77. The van der Waals surface area contributed by atoms with E-state index < -0.39 is 0 Å². The maximum atomic E-state index is 3.86. The minimum absolute atomic E-state index is 1.01. The van der Waals surface area contributed by atoms with Crippen molar-refractivity contribution in [2.24, 2.45) is 0 Å². The summed E-state index contributed by atoms with van der Waals surface area (Å²) in [6, 6.07) is 0. The smallest absolute Gasteiger partial charge is 0.0945 e. The minimum Gasteiger partial charge on any atom is -0.338 e. The monoisotopic (exact) mass is 170 g/mol. The molecule has 0 spiro atoms. The molecule has 1 aromatic rings. The fourth-order valence-electron chi connectivity index (χ4n) is 0.474. The molecule has 0 saturated carbocycles. The van der Waals surface area contributed by atoms with E-state index in [1.54, 1.807) is 12.5 Å². The van der Waals surface area contributed by atoms with Crippen LogP contribution in [0.3, 0.4) is 0 Å². The standard InChI is InChI=1S/C5H8N2.C3H8.C2H6/c1-2-7-4-3-6-5-7;1-3-2;1-2/h3-5H,2H2,1H3;3H2,1-2H3;1-2H3. The van der Waals surface area contributed by atoms with Gasteiger partial charge in [0.15, 0.2) is 0 Å². The number of aryl methyl sites for hydroxylation is 1. The van der Waals surface area contributed by atoms with Crippen LogP contribution in [0.15, 0.2) is 18.7 Å². The van der Waals surface area contributed by atoms with Crippen LogP contribution in [0.2, 0.25) is 0 Å². The van der Waals surface area contributed by atoms with Crippen molar-refractivity contribution in [1.29, 1.82) is 0 Å². The summed E-state index contributed by atoms with van der Waals surface area (Å²) in [7, 11) is 0. The van der Waals surface area contributed by atoms with Crippen molar-refractivity contribution in [3.05, 3.63) is 18.7 Å². The van der Waals surface area contributed by atoms with E-state index in [1.165, 1.54) is 6.42 Å². The Kier molecular flexibility index (Phi) is 14.8. The summed E-state index contributed by atoms with van der Waals surface area (Å²) < 4.78 is 2.01. The van der Waals surface area contributed by atoms with E-state index >= 15 is 0 Å². The second-order valence-corrected chi connectivity index (χ2v) is 2.10. The maximum absolute atomic E-state index is 3.86. The predicted octanol–water partition coefficient (Wildman–Crippen LogP) is 3.35. The normalized spacial score (nSPS) is 7.42. The molecule has 0 aliphatic heterocycles. The molecule has 0 bridgehead atoms. The molecule has 1 rings (SSSR count). The number of hydrogen-bond acceptors (Lipinski definition) is 1. The van der Waals surface area contributed by atoms with Gasteiger partial charge in [0.1, 0.15) is 0 Å². The Morgan fingerprint density at radius 3 is 1.83 bits per heavy atom. The molecule has 0 unspecified atom stereocenters. The van der Waals surface area contributed by atoms with Crippen LogP contribution in [-0.4, -0.2) is 9.55 Å². The molecule has 0 aliphatic rings. The van der Waals surface area contributed by atoms with Gasteiger partial charge in [0.2, 0.25) is 0 Å². The lowest BCUT2D eigenvalue weighted by Gasteiger charge is -1.87. The Labute approximate surface area is 76.6 Å². The van der Waals surface area contributed by atoms with Gasteiger partial charge in [0, 0.05) is 18.9 Å². The van der Waals surface area contributed by atoms with Gasteiger partial charge >= 0.3 is 0 Å². The van der Waals surface area contributed by atoms with Crippen LogP contribution in [-0.2, 0) is 6.54 Å². The number of hydrogen-bond donors (Lipinski definition) is 0. The molecule has 12 heavy (non-hydrogen) atoms. The topological polar surface area (TPSA) is 17.8 Å². The highest BCUT2D eigenvalue weighted by molar-refractivity contribution is 4.72. The average Bonchev–Trinajstić information content (AvgIpc) is 2.61. The summed E-state index contributed by atoms with van der Waals surface area (Å²) in [5.74, 6) is 0. The Bertz CT molecular complexity index is 134. The third kappa shape index (κ3) is 9.21. The number of imidazole rings is 1. The van der Waals surface area contributed by atoms with Crippen LogP contribution in [0.25, 0.3) is 0 Å². The fraction of sp³-hybridized carbons (Fsp3) is 0.700. The quantitative estimate of drug-likeness (QED) is 0.632. The van der Waals surface area contributed by atoms with Crippen LogP contribution in [0.1, 0.15) is 41.0 Å². The van der Waals surface area contributed by atoms with Crippen LogP contribution in [0.4, 0.5) is 0 Å². The Balaban J connectivity index is 0. The number of aromatic nitrogens is 2. The summed E-state index contributed by atoms with van der Waals surface area (Å²) in [6.45, 7) is 11.3. The number of nitrogens with zero attached hydrogens (tertiary/aromatic N) is 2. The van der Waals surface area contributed by atoms with Crippen molar-refractivity contribution < 1.29 is 0 Å². The summed E-state index contributed by atoms with van der Waals surface area (Å²) >= 11 is 0. The second-order valence-electron chi connectivity index (χ2n) is 2.10. The molecule has 0 amide bonds. The predicted molar refractivity (Wildman–Crippen MR) is 55.2 cm³/mol. The van der Waals surface area contributed by atoms with Crippen molar-refractivity contribution >= 4 is 0 Å². The van der Waals surface area contributed by atoms with Crippen molar-refractivity contribution in [3.63, 3.8) is 0 Å². The first-order valence-corrected chi connectivity index (χ1v) is 4.80. The van der Waals surface area contributed by atoms with Gasteiger partial charge in [-0.2, -0.15) is 0 Å². The molecule has 0 fully saturated rings. The van der Waals surface area contributed by atoms with E-state index in [0.29, 0.717) is 0 Å². The van der Waals surface area contributed by atoms with Crippen molar-refractivity contribution in [3.8, 4) is 0 Å². The lowest BCUT2D eigenvalue weighted by molar-refractivity contribution is 0.761. The van der Waals surface area contributed by atoms with E-state index in [9.17, 15) is 0 Å². The molecule has 0 aromatic carbocycles. The molecule has 0 atom stereocenters. The average molecular weight is 170 g/mol. The van der Waals surface area contributed by atoms with Gasteiger partial charge in [-0.15, -0.1) is 0 Å². The highest BCUT2D eigenvalue weighted by atomic mass is 15.0. The van der Waals surface area contributed by atoms with Crippen LogP contribution in [0, 0.1) is 0 Å². The first kappa shape index (κ1) is 13.8. The van der Waals surface area contributed by atoms with Gasteiger partial charge in [0.05, 0.1) is 6.33 Å². The van der Waals surface area contributed by atoms with Gasteiger partial charge in [-0.1, -0.05) is 34.1 Å². The van der Waals surface area contributed by atoms with Gasteiger partial charge in [-0.3, -0.25) is 0 Å². The van der Waals surface area contributed by atoms with Crippen LogP contribution in [0.5, 0.6) is 0 Å². The molecule has 2 heteroatoms. The largest absolute Gasteiger partial charge is 0.338 e. The highest BCUT2D eigenvalue weighted by Crippen LogP contribution is 1.81. The molecule has 2 nitrogen and oxygen atoms in total. The first-order valence-electron chi connectivity index (χ1n) is 4.80. The zero-order chi connectivity index (χ0) is 9.82. The molecule has 72 valence electrons. The van der Waals surface area contributed by atoms with Gasteiger partial charge in [-0.25, -0.2) is 4.98 Å². The van der Waals surface area contributed by atoms with Crippen molar-refractivity contribution in [2.75, 3.05) is 0 Å². The molecule has 0 saturated heterocycles. The molecular formula is C10H22N2. The maximum Gasteiger partial charge on any atom is 0.0945 e. The van der Waals surface area contributed by atoms with Gasteiger partial charge < -0.3 is 4.57 Å². The summed E-state index contributed by atoms with van der Waals surface area (Å²) in [6.07, 6.45) is 6.78. The summed E-state index contributed by atoms with van der Waals surface area (Å²) in [5, 5.41) is 0. The SMILES string of the molecule is CC.CCC.CCn1ccnc1.